The van der Waals surface area contributed by atoms with Crippen LogP contribution < -0.4 is 4.74 Å². The highest BCUT2D eigenvalue weighted by Crippen LogP contribution is 2.33. The fourth-order valence-corrected chi connectivity index (χ4v) is 2.88. The number of hydrogen-bond acceptors (Lipinski definition) is 4. The molecule has 3 rings (SSSR count). The molecule has 0 unspecified atom stereocenters. The molecule has 1 aromatic carbocycles. The van der Waals surface area contributed by atoms with Gasteiger partial charge in [0.1, 0.15) is 10.8 Å². The molecule has 6 heteroatoms. The SMILES string of the molecule is CC(C)Oc1ccc(C2=C(Cl)C(=O)N(Cc3ccncc3)C2=O)cc1. The molecule has 1 aliphatic heterocycles. The average molecular weight is 357 g/mol. The summed E-state index contributed by atoms with van der Waals surface area (Å²) >= 11 is 6.17. The van der Waals surface area contributed by atoms with Gasteiger partial charge in [0.25, 0.3) is 11.8 Å². The monoisotopic (exact) mass is 356 g/mol. The number of benzene rings is 1. The number of aromatic nitrogens is 1. The fourth-order valence-electron chi connectivity index (χ4n) is 2.58. The van der Waals surface area contributed by atoms with Crippen LogP contribution in [0.15, 0.2) is 53.8 Å². The highest BCUT2D eigenvalue weighted by atomic mass is 35.5. The zero-order valence-electron chi connectivity index (χ0n) is 13.9. The van der Waals surface area contributed by atoms with Crippen molar-refractivity contribution in [2.24, 2.45) is 0 Å². The molecule has 2 amide bonds. The normalized spacial score (nSPS) is 14.6. The lowest BCUT2D eigenvalue weighted by atomic mass is 10.1. The average Bonchev–Trinajstić information content (AvgIpc) is 2.80. The van der Waals surface area contributed by atoms with Crippen molar-refractivity contribution in [1.29, 1.82) is 0 Å². The Morgan fingerprint density at radius 3 is 2.28 bits per heavy atom. The summed E-state index contributed by atoms with van der Waals surface area (Å²) in [7, 11) is 0. The van der Waals surface area contributed by atoms with Crippen molar-refractivity contribution in [1.82, 2.24) is 9.88 Å². The minimum Gasteiger partial charge on any atom is -0.491 e. The van der Waals surface area contributed by atoms with E-state index in [1.165, 1.54) is 0 Å². The van der Waals surface area contributed by atoms with E-state index >= 15 is 0 Å². The first kappa shape index (κ1) is 17.2. The third kappa shape index (κ3) is 3.56. The summed E-state index contributed by atoms with van der Waals surface area (Å²) in [5, 5.41) is -0.0587. The lowest BCUT2D eigenvalue weighted by Gasteiger charge is -2.15. The molecule has 0 N–H and O–H groups in total. The largest absolute Gasteiger partial charge is 0.491 e. The van der Waals surface area contributed by atoms with Gasteiger partial charge in [-0.2, -0.15) is 0 Å². The van der Waals surface area contributed by atoms with Crippen LogP contribution in [0.5, 0.6) is 5.75 Å². The van der Waals surface area contributed by atoms with E-state index in [0.717, 1.165) is 10.5 Å². The Morgan fingerprint density at radius 2 is 1.68 bits per heavy atom. The summed E-state index contributed by atoms with van der Waals surface area (Å²) in [4.78, 5) is 30.2. The predicted octanol–water partition coefficient (Wildman–Crippen LogP) is 3.39. The first-order valence-electron chi connectivity index (χ1n) is 7.89. The molecule has 128 valence electrons. The van der Waals surface area contributed by atoms with Crippen molar-refractivity contribution in [2.45, 2.75) is 26.5 Å². The zero-order chi connectivity index (χ0) is 18.0. The van der Waals surface area contributed by atoms with Gasteiger partial charge in [-0.05, 0) is 49.2 Å². The molecule has 0 fully saturated rings. The zero-order valence-corrected chi connectivity index (χ0v) is 14.7. The standard InChI is InChI=1S/C19H17ClN2O3/c1-12(2)25-15-5-3-14(4-6-15)16-17(20)19(24)22(18(16)23)11-13-7-9-21-10-8-13/h3-10,12H,11H2,1-2H3. The molecule has 1 aliphatic rings. The quantitative estimate of drug-likeness (QED) is 0.770. The van der Waals surface area contributed by atoms with E-state index in [0.29, 0.717) is 11.3 Å². The van der Waals surface area contributed by atoms with Crippen LogP contribution in [0.3, 0.4) is 0 Å². The molecule has 0 saturated carbocycles. The maximum absolute atomic E-state index is 12.7. The van der Waals surface area contributed by atoms with Crippen molar-refractivity contribution in [3.8, 4) is 5.75 Å². The van der Waals surface area contributed by atoms with Gasteiger partial charge in [-0.3, -0.25) is 19.5 Å². The summed E-state index contributed by atoms with van der Waals surface area (Å²) in [5.41, 5.74) is 1.62. The number of imide groups is 1. The Balaban J connectivity index is 1.84. The second-order valence-corrected chi connectivity index (χ2v) is 6.31. The lowest BCUT2D eigenvalue weighted by Crippen LogP contribution is -2.30. The Bertz CT molecular complexity index is 830. The van der Waals surface area contributed by atoms with Crippen molar-refractivity contribution < 1.29 is 14.3 Å². The second kappa shape index (κ2) is 7.07. The van der Waals surface area contributed by atoms with Crippen LogP contribution in [0.25, 0.3) is 5.57 Å². The molecule has 0 aliphatic carbocycles. The molecule has 2 aromatic rings. The number of amides is 2. The lowest BCUT2D eigenvalue weighted by molar-refractivity contribution is -0.137. The van der Waals surface area contributed by atoms with E-state index in [1.807, 2.05) is 13.8 Å². The van der Waals surface area contributed by atoms with Crippen molar-refractivity contribution in [3.05, 3.63) is 65.0 Å². The number of nitrogens with zero attached hydrogens (tertiary/aromatic N) is 2. The predicted molar refractivity (Wildman–Crippen MR) is 94.8 cm³/mol. The van der Waals surface area contributed by atoms with Crippen LogP contribution in [0.2, 0.25) is 0 Å². The van der Waals surface area contributed by atoms with E-state index in [9.17, 15) is 9.59 Å². The van der Waals surface area contributed by atoms with Gasteiger partial charge < -0.3 is 4.74 Å². The van der Waals surface area contributed by atoms with E-state index in [1.54, 1.807) is 48.8 Å². The molecule has 0 saturated heterocycles. The van der Waals surface area contributed by atoms with Crippen LogP contribution in [0, 0.1) is 0 Å². The number of carbonyl (C=O) groups excluding carboxylic acids is 2. The van der Waals surface area contributed by atoms with Gasteiger partial charge in [0.2, 0.25) is 0 Å². The number of hydrogen-bond donors (Lipinski definition) is 0. The van der Waals surface area contributed by atoms with Gasteiger partial charge in [-0.1, -0.05) is 23.7 Å². The molecule has 0 spiro atoms. The van der Waals surface area contributed by atoms with Crippen molar-refractivity contribution >= 4 is 29.0 Å². The minimum absolute atomic E-state index is 0.0548. The number of carbonyl (C=O) groups is 2. The van der Waals surface area contributed by atoms with Crippen LogP contribution in [-0.4, -0.2) is 27.8 Å². The molecule has 25 heavy (non-hydrogen) atoms. The maximum Gasteiger partial charge on any atom is 0.273 e. The molecule has 0 bridgehead atoms. The van der Waals surface area contributed by atoms with Gasteiger partial charge >= 0.3 is 0 Å². The number of ether oxygens (including phenoxy) is 1. The van der Waals surface area contributed by atoms with Gasteiger partial charge in [0.15, 0.2) is 0 Å². The van der Waals surface area contributed by atoms with E-state index in [-0.39, 0.29) is 23.3 Å². The summed E-state index contributed by atoms with van der Waals surface area (Å²) < 4.78 is 5.59. The maximum atomic E-state index is 12.7. The Labute approximate surface area is 150 Å². The van der Waals surface area contributed by atoms with E-state index in [2.05, 4.69) is 4.98 Å². The second-order valence-electron chi connectivity index (χ2n) is 5.93. The van der Waals surface area contributed by atoms with Crippen LogP contribution in [-0.2, 0) is 16.1 Å². The minimum atomic E-state index is -0.485. The molecule has 1 aromatic heterocycles. The molecule has 0 radical (unpaired) electrons. The highest BCUT2D eigenvalue weighted by molar-refractivity contribution is 6.55. The number of halogens is 1. The Hall–Kier alpha value is -2.66. The highest BCUT2D eigenvalue weighted by Gasteiger charge is 2.38. The summed E-state index contributed by atoms with van der Waals surface area (Å²) in [5.74, 6) is -0.189. The van der Waals surface area contributed by atoms with E-state index in [4.69, 9.17) is 16.3 Å². The van der Waals surface area contributed by atoms with Gasteiger partial charge in [-0.15, -0.1) is 0 Å². The first-order valence-corrected chi connectivity index (χ1v) is 8.27. The van der Waals surface area contributed by atoms with Gasteiger partial charge in [-0.25, -0.2) is 0 Å². The molecule has 2 heterocycles. The summed E-state index contributed by atoms with van der Waals surface area (Å²) in [6.07, 6.45) is 3.28. The summed E-state index contributed by atoms with van der Waals surface area (Å²) in [6, 6.07) is 10.5. The van der Waals surface area contributed by atoms with Crippen LogP contribution in [0.4, 0.5) is 0 Å². The van der Waals surface area contributed by atoms with Crippen molar-refractivity contribution in [2.75, 3.05) is 0 Å². The van der Waals surface area contributed by atoms with Crippen molar-refractivity contribution in [3.63, 3.8) is 0 Å². The number of pyridine rings is 1. The molecular formula is C19H17ClN2O3. The first-order chi connectivity index (χ1) is 12.0. The molecule has 5 nitrogen and oxygen atoms in total. The third-order valence-corrected chi connectivity index (χ3v) is 4.07. The topological polar surface area (TPSA) is 59.5 Å². The summed E-state index contributed by atoms with van der Waals surface area (Å²) in [6.45, 7) is 4.03. The third-order valence-electron chi connectivity index (χ3n) is 3.72. The molecular weight excluding hydrogens is 340 g/mol. The van der Waals surface area contributed by atoms with E-state index < -0.39 is 11.8 Å². The van der Waals surface area contributed by atoms with Gasteiger partial charge in [0, 0.05) is 12.4 Å². The smallest absolute Gasteiger partial charge is 0.273 e. The van der Waals surface area contributed by atoms with Crippen LogP contribution in [0.1, 0.15) is 25.0 Å². The van der Waals surface area contributed by atoms with Crippen LogP contribution >= 0.6 is 11.6 Å². The molecule has 0 atom stereocenters. The van der Waals surface area contributed by atoms with Gasteiger partial charge in [0.05, 0.1) is 18.2 Å². The fraction of sp³-hybridized carbons (Fsp3) is 0.211. The number of rotatable bonds is 5. The Morgan fingerprint density at radius 1 is 1.04 bits per heavy atom. The Kier molecular flexibility index (Phi) is 4.86.